The number of anilines is 1. The summed E-state index contributed by atoms with van der Waals surface area (Å²) in [7, 11) is 0. The van der Waals surface area contributed by atoms with Crippen LogP contribution in [0.1, 0.15) is 54.9 Å². The van der Waals surface area contributed by atoms with Gasteiger partial charge in [-0.15, -0.1) is 0 Å². The molecule has 172 valence electrons. The molecule has 0 bridgehead atoms. The smallest absolute Gasteiger partial charge is 0.257 e. The molecule has 33 heavy (non-hydrogen) atoms. The highest BCUT2D eigenvalue weighted by molar-refractivity contribution is 5.90. The lowest BCUT2D eigenvalue weighted by Gasteiger charge is -2.29. The van der Waals surface area contributed by atoms with Gasteiger partial charge in [0.05, 0.1) is 5.69 Å². The maximum Gasteiger partial charge on any atom is 0.257 e. The lowest BCUT2D eigenvalue weighted by atomic mass is 10.0. The Bertz CT molecular complexity index is 1170. The second-order valence-electron chi connectivity index (χ2n) is 8.99. The number of nitrogens with zero attached hydrogens (tertiary/aromatic N) is 3. The van der Waals surface area contributed by atoms with Gasteiger partial charge >= 0.3 is 0 Å². The molecule has 2 aromatic carbocycles. The molecule has 3 aromatic rings. The fourth-order valence-corrected chi connectivity index (χ4v) is 4.34. The predicted octanol–water partition coefficient (Wildman–Crippen LogP) is 4.13. The molecule has 0 unspecified atom stereocenters. The van der Waals surface area contributed by atoms with Gasteiger partial charge in [0.2, 0.25) is 5.91 Å². The van der Waals surface area contributed by atoms with E-state index in [9.17, 15) is 9.59 Å². The first-order chi connectivity index (χ1) is 15.9. The van der Waals surface area contributed by atoms with Crippen molar-refractivity contribution in [2.75, 3.05) is 11.9 Å². The molecule has 0 fully saturated rings. The number of benzene rings is 2. The summed E-state index contributed by atoms with van der Waals surface area (Å²) in [6.07, 6.45) is 1.59. The first-order valence-electron chi connectivity index (χ1n) is 11.7. The van der Waals surface area contributed by atoms with Crippen LogP contribution in [0.5, 0.6) is 0 Å². The number of nitrogens with one attached hydrogen (secondary N) is 1. The molecular formula is C27H32N4O2. The first-order valence-corrected chi connectivity index (χ1v) is 11.7. The third kappa shape index (κ3) is 5.40. The fraction of sp³-hybridized carbons (Fsp3) is 0.370. The molecule has 0 radical (unpaired) electrons. The normalized spacial score (nSPS) is 13.7. The molecule has 2 heterocycles. The Labute approximate surface area is 195 Å². The van der Waals surface area contributed by atoms with E-state index in [-0.39, 0.29) is 23.9 Å². The lowest BCUT2D eigenvalue weighted by Crippen LogP contribution is -2.40. The second kappa shape index (κ2) is 10.1. The molecule has 0 aliphatic carbocycles. The van der Waals surface area contributed by atoms with Gasteiger partial charge in [-0.1, -0.05) is 63.2 Å². The third-order valence-corrected chi connectivity index (χ3v) is 6.14. The van der Waals surface area contributed by atoms with Crippen molar-refractivity contribution >= 4 is 11.6 Å². The van der Waals surface area contributed by atoms with Crippen LogP contribution in [0.25, 0.3) is 0 Å². The summed E-state index contributed by atoms with van der Waals surface area (Å²) in [6, 6.07) is 18.2. The zero-order valence-electron chi connectivity index (χ0n) is 19.7. The van der Waals surface area contributed by atoms with E-state index in [1.54, 1.807) is 4.57 Å². The van der Waals surface area contributed by atoms with Gasteiger partial charge in [-0.25, -0.2) is 4.98 Å². The fourth-order valence-electron chi connectivity index (χ4n) is 4.34. The number of amides is 1. The number of aromatic nitrogens is 2. The standard InChI is InChI=1S/C27H32N4O2/c1-4-20-10-12-22(13-11-20)28-25(32)18-31-26(19(2)3)29-24-17-30(15-14-23(24)27(31)33)16-21-8-6-5-7-9-21/h5-13,19H,4,14-18H2,1-3H3,(H,28,32). The summed E-state index contributed by atoms with van der Waals surface area (Å²) < 4.78 is 1.56. The Kier molecular flexibility index (Phi) is 7.04. The number of hydrogen-bond donors (Lipinski definition) is 1. The van der Waals surface area contributed by atoms with Crippen LogP contribution in [-0.2, 0) is 37.3 Å². The molecule has 6 nitrogen and oxygen atoms in total. The largest absolute Gasteiger partial charge is 0.325 e. The van der Waals surface area contributed by atoms with E-state index in [2.05, 4.69) is 29.3 Å². The number of hydrogen-bond acceptors (Lipinski definition) is 4. The molecule has 1 aliphatic rings. The van der Waals surface area contributed by atoms with Crippen molar-refractivity contribution < 1.29 is 4.79 Å². The van der Waals surface area contributed by atoms with Crippen LogP contribution in [0.15, 0.2) is 59.4 Å². The van der Waals surface area contributed by atoms with Gasteiger partial charge in [0.15, 0.2) is 0 Å². The molecule has 4 rings (SSSR count). The Morgan fingerprint density at radius 2 is 1.79 bits per heavy atom. The first kappa shape index (κ1) is 22.9. The van der Waals surface area contributed by atoms with Crippen molar-refractivity contribution in [3.05, 3.63) is 93.2 Å². The molecule has 1 aliphatic heterocycles. The predicted molar refractivity (Wildman–Crippen MR) is 131 cm³/mol. The van der Waals surface area contributed by atoms with Crippen LogP contribution < -0.4 is 10.9 Å². The van der Waals surface area contributed by atoms with Crippen LogP contribution in [0.2, 0.25) is 0 Å². The van der Waals surface area contributed by atoms with Crippen molar-refractivity contribution in [3.63, 3.8) is 0 Å². The minimum absolute atomic E-state index is 0.0316. The monoisotopic (exact) mass is 444 g/mol. The molecule has 1 amide bonds. The topological polar surface area (TPSA) is 67.2 Å². The molecule has 6 heteroatoms. The van der Waals surface area contributed by atoms with Gasteiger partial charge in [-0.05, 0) is 36.1 Å². The molecule has 0 saturated heterocycles. The number of carbonyl (C=O) groups excluding carboxylic acids is 1. The minimum Gasteiger partial charge on any atom is -0.325 e. The highest BCUT2D eigenvalue weighted by Gasteiger charge is 2.25. The molecule has 0 spiro atoms. The van der Waals surface area contributed by atoms with Crippen molar-refractivity contribution in [2.45, 2.75) is 59.2 Å². The van der Waals surface area contributed by atoms with E-state index in [1.165, 1.54) is 11.1 Å². The number of carbonyl (C=O) groups is 1. The Morgan fingerprint density at radius 1 is 1.06 bits per heavy atom. The Balaban J connectivity index is 1.54. The summed E-state index contributed by atoms with van der Waals surface area (Å²) in [5.74, 6) is 0.479. The molecule has 1 N–H and O–H groups in total. The minimum atomic E-state index is -0.216. The summed E-state index contributed by atoms with van der Waals surface area (Å²) in [4.78, 5) is 33.4. The quantitative estimate of drug-likeness (QED) is 0.595. The molecular weight excluding hydrogens is 412 g/mol. The van der Waals surface area contributed by atoms with E-state index in [4.69, 9.17) is 4.98 Å². The highest BCUT2D eigenvalue weighted by atomic mass is 16.2. The van der Waals surface area contributed by atoms with Gasteiger partial charge in [0, 0.05) is 36.8 Å². The van der Waals surface area contributed by atoms with Crippen molar-refractivity contribution in [3.8, 4) is 0 Å². The molecule has 0 saturated carbocycles. The van der Waals surface area contributed by atoms with E-state index in [0.29, 0.717) is 18.8 Å². The van der Waals surface area contributed by atoms with Gasteiger partial charge in [0.1, 0.15) is 12.4 Å². The Hall–Kier alpha value is -3.25. The van der Waals surface area contributed by atoms with Gasteiger partial charge < -0.3 is 5.32 Å². The zero-order valence-corrected chi connectivity index (χ0v) is 19.7. The van der Waals surface area contributed by atoms with Crippen LogP contribution in [0.3, 0.4) is 0 Å². The van der Waals surface area contributed by atoms with Crippen molar-refractivity contribution in [1.82, 2.24) is 14.5 Å². The van der Waals surface area contributed by atoms with Crippen molar-refractivity contribution in [2.24, 2.45) is 0 Å². The van der Waals surface area contributed by atoms with Gasteiger partial charge in [0.25, 0.3) is 5.56 Å². The molecule has 0 atom stereocenters. The van der Waals surface area contributed by atoms with Crippen molar-refractivity contribution in [1.29, 1.82) is 0 Å². The SMILES string of the molecule is CCc1ccc(NC(=O)Cn2c(C(C)C)nc3c(c2=O)CCN(Cc2ccccc2)C3)cc1. The average Bonchev–Trinajstić information content (AvgIpc) is 2.81. The number of fused-ring (bicyclic) bond motifs is 1. The zero-order chi connectivity index (χ0) is 23.4. The maximum absolute atomic E-state index is 13.4. The number of rotatable bonds is 7. The summed E-state index contributed by atoms with van der Waals surface area (Å²) in [6.45, 7) is 8.37. The van der Waals surface area contributed by atoms with E-state index in [0.717, 1.165) is 36.5 Å². The summed E-state index contributed by atoms with van der Waals surface area (Å²) in [5.41, 5.74) is 4.70. The van der Waals surface area contributed by atoms with Crippen LogP contribution in [-0.4, -0.2) is 26.9 Å². The molecule has 1 aromatic heterocycles. The third-order valence-electron chi connectivity index (χ3n) is 6.14. The summed E-state index contributed by atoms with van der Waals surface area (Å²) in [5, 5.41) is 2.91. The Morgan fingerprint density at radius 3 is 2.45 bits per heavy atom. The maximum atomic E-state index is 13.4. The average molecular weight is 445 g/mol. The highest BCUT2D eigenvalue weighted by Crippen LogP contribution is 2.20. The lowest BCUT2D eigenvalue weighted by molar-refractivity contribution is -0.116. The number of aryl methyl sites for hydroxylation is 1. The van der Waals surface area contributed by atoms with Gasteiger partial charge in [-0.2, -0.15) is 0 Å². The van der Waals surface area contributed by atoms with Crippen LogP contribution >= 0.6 is 0 Å². The van der Waals surface area contributed by atoms with Crippen LogP contribution in [0.4, 0.5) is 5.69 Å². The summed E-state index contributed by atoms with van der Waals surface area (Å²) >= 11 is 0. The van der Waals surface area contributed by atoms with Crippen LogP contribution in [0, 0.1) is 0 Å². The van der Waals surface area contributed by atoms with Gasteiger partial charge in [-0.3, -0.25) is 19.1 Å². The van der Waals surface area contributed by atoms with E-state index < -0.39 is 0 Å². The van der Waals surface area contributed by atoms with E-state index in [1.807, 2.05) is 56.3 Å². The van der Waals surface area contributed by atoms with E-state index >= 15 is 0 Å². The second-order valence-corrected chi connectivity index (χ2v) is 8.99.